The number of carbonyl (C=O) groups is 1. The molecule has 178 valence electrons. The third-order valence-corrected chi connectivity index (χ3v) is 8.30. The van der Waals surface area contributed by atoms with Crippen molar-refractivity contribution in [1.29, 1.82) is 0 Å². The Morgan fingerprint density at radius 1 is 0.914 bits per heavy atom. The second-order valence-corrected chi connectivity index (χ2v) is 10.00. The lowest BCUT2D eigenvalue weighted by atomic mass is 10.1. The molecule has 2 heterocycles. The van der Waals surface area contributed by atoms with Gasteiger partial charge in [-0.25, -0.2) is 4.99 Å². The van der Waals surface area contributed by atoms with Crippen LogP contribution in [0.3, 0.4) is 0 Å². The highest BCUT2D eigenvalue weighted by Gasteiger charge is 2.39. The highest BCUT2D eigenvalue weighted by molar-refractivity contribution is 8.19. The van der Waals surface area contributed by atoms with Gasteiger partial charge in [-0.2, -0.15) is 0 Å². The Kier molecular flexibility index (Phi) is 6.74. The van der Waals surface area contributed by atoms with Gasteiger partial charge in [0.2, 0.25) is 0 Å². The Morgan fingerprint density at radius 2 is 1.69 bits per heavy atom. The summed E-state index contributed by atoms with van der Waals surface area (Å²) in [5.74, 6) is 1.42. The number of nitrogens with zero attached hydrogens (tertiary/aromatic N) is 3. The van der Waals surface area contributed by atoms with Crippen LogP contribution in [-0.2, 0) is 11.2 Å². The van der Waals surface area contributed by atoms with Crippen LogP contribution in [0.2, 0.25) is 0 Å². The number of carbonyl (C=O) groups excluding carboxylic acids is 1. The minimum atomic E-state index is -0.0336. The predicted molar refractivity (Wildman–Crippen MR) is 144 cm³/mol. The number of aliphatic imine (C=N–C) groups is 1. The molecule has 35 heavy (non-hydrogen) atoms. The van der Waals surface area contributed by atoms with Gasteiger partial charge in [0.05, 0.1) is 24.9 Å². The van der Waals surface area contributed by atoms with Crippen molar-refractivity contribution in [2.24, 2.45) is 4.99 Å². The predicted octanol–water partition coefficient (Wildman–Crippen LogP) is 5.92. The molecule has 2 aliphatic rings. The Bertz CT molecular complexity index is 1320. The summed E-state index contributed by atoms with van der Waals surface area (Å²) >= 11 is 3.01. The maximum Gasteiger partial charge on any atom is 0.269 e. The van der Waals surface area contributed by atoms with Crippen molar-refractivity contribution >= 4 is 46.0 Å². The van der Waals surface area contributed by atoms with E-state index in [1.165, 1.54) is 17.3 Å². The average molecular weight is 504 g/mol. The summed E-state index contributed by atoms with van der Waals surface area (Å²) in [6.07, 6.45) is 0.737. The van der Waals surface area contributed by atoms with Gasteiger partial charge < -0.3 is 14.4 Å². The Morgan fingerprint density at radius 3 is 2.46 bits per heavy atom. The lowest BCUT2D eigenvalue weighted by molar-refractivity contribution is -0.122. The molecule has 1 amide bonds. The summed E-state index contributed by atoms with van der Waals surface area (Å²) < 4.78 is 10.9. The first-order chi connectivity index (χ1) is 17.1. The minimum absolute atomic E-state index is 0.0336. The molecular formula is C27H25N3O3S2. The quantitative estimate of drug-likeness (QED) is 0.389. The van der Waals surface area contributed by atoms with Crippen LogP contribution in [0.1, 0.15) is 5.56 Å². The molecule has 0 unspecified atom stereocenters. The molecule has 0 radical (unpaired) electrons. The van der Waals surface area contributed by atoms with E-state index in [-0.39, 0.29) is 5.91 Å². The van der Waals surface area contributed by atoms with Gasteiger partial charge in [0.25, 0.3) is 5.91 Å². The molecule has 2 aliphatic heterocycles. The SMILES string of the molecule is COc1ccc2c(c1)N(C)C(=C1SC(=Nc3ccccc3OC)N(CCc3ccccc3)C1=O)S2. The molecule has 1 fully saturated rings. The fourth-order valence-electron chi connectivity index (χ4n) is 3.98. The van der Waals surface area contributed by atoms with Crippen LogP contribution in [0.4, 0.5) is 11.4 Å². The number of amides is 1. The molecule has 0 aliphatic carbocycles. The molecule has 0 spiro atoms. The first kappa shape index (κ1) is 23.4. The molecule has 3 aromatic carbocycles. The zero-order chi connectivity index (χ0) is 24.4. The molecule has 5 rings (SSSR count). The third-order valence-electron chi connectivity index (χ3n) is 5.86. The van der Waals surface area contributed by atoms with E-state index in [1.807, 2.05) is 67.7 Å². The molecular weight excluding hydrogens is 478 g/mol. The number of amidine groups is 1. The normalized spacial score (nSPS) is 18.4. The summed E-state index contributed by atoms with van der Waals surface area (Å²) in [6, 6.07) is 23.8. The number of rotatable bonds is 6. The molecule has 0 bridgehead atoms. The van der Waals surface area contributed by atoms with Crippen molar-refractivity contribution in [3.8, 4) is 11.5 Å². The fraction of sp³-hybridized carbons (Fsp3) is 0.185. The Balaban J connectivity index is 1.52. The highest BCUT2D eigenvalue weighted by atomic mass is 32.2. The van der Waals surface area contributed by atoms with Crippen molar-refractivity contribution in [2.75, 3.05) is 32.7 Å². The molecule has 0 atom stereocenters. The topological polar surface area (TPSA) is 54.4 Å². The maximum atomic E-state index is 13.8. The average Bonchev–Trinajstić information content (AvgIpc) is 3.38. The van der Waals surface area contributed by atoms with E-state index in [0.717, 1.165) is 27.8 Å². The van der Waals surface area contributed by atoms with E-state index < -0.39 is 0 Å². The van der Waals surface area contributed by atoms with E-state index in [2.05, 4.69) is 17.0 Å². The number of hydrogen-bond acceptors (Lipinski definition) is 7. The summed E-state index contributed by atoms with van der Waals surface area (Å²) in [7, 11) is 5.27. The van der Waals surface area contributed by atoms with Gasteiger partial charge in [-0.05, 0) is 48.0 Å². The zero-order valence-electron chi connectivity index (χ0n) is 19.7. The zero-order valence-corrected chi connectivity index (χ0v) is 21.4. The Hall–Kier alpha value is -3.36. The van der Waals surface area contributed by atoms with Crippen LogP contribution < -0.4 is 14.4 Å². The van der Waals surface area contributed by atoms with Crippen LogP contribution in [0.15, 0.2) is 92.6 Å². The summed E-state index contributed by atoms with van der Waals surface area (Å²) in [4.78, 5) is 24.2. The van der Waals surface area contributed by atoms with Crippen molar-refractivity contribution in [3.05, 3.63) is 88.3 Å². The van der Waals surface area contributed by atoms with E-state index in [9.17, 15) is 4.79 Å². The molecule has 6 nitrogen and oxygen atoms in total. The lowest BCUT2D eigenvalue weighted by Crippen LogP contribution is -2.31. The number of ether oxygens (including phenoxy) is 2. The highest BCUT2D eigenvalue weighted by Crippen LogP contribution is 2.51. The first-order valence-electron chi connectivity index (χ1n) is 11.2. The van der Waals surface area contributed by atoms with Gasteiger partial charge in [0, 0.05) is 24.6 Å². The molecule has 0 aromatic heterocycles. The monoisotopic (exact) mass is 503 g/mol. The van der Waals surface area contributed by atoms with Crippen LogP contribution in [0, 0.1) is 0 Å². The molecule has 8 heteroatoms. The largest absolute Gasteiger partial charge is 0.497 e. The standard InChI is InChI=1S/C27H25N3O3S2/c1-29-21-17-19(32-2)13-14-23(21)34-26(29)24-25(31)30(16-15-18-9-5-4-6-10-18)27(35-24)28-20-11-7-8-12-22(20)33-3/h4-14,17H,15-16H2,1-3H3. The smallest absolute Gasteiger partial charge is 0.269 e. The molecule has 3 aromatic rings. The maximum absolute atomic E-state index is 13.8. The van der Waals surface area contributed by atoms with Crippen molar-refractivity contribution in [1.82, 2.24) is 4.90 Å². The van der Waals surface area contributed by atoms with Crippen LogP contribution in [0.25, 0.3) is 0 Å². The van der Waals surface area contributed by atoms with Crippen molar-refractivity contribution < 1.29 is 14.3 Å². The number of hydrogen-bond donors (Lipinski definition) is 0. The van der Waals surface area contributed by atoms with Crippen molar-refractivity contribution in [3.63, 3.8) is 0 Å². The number of thioether (sulfide) groups is 2. The minimum Gasteiger partial charge on any atom is -0.497 e. The van der Waals surface area contributed by atoms with Gasteiger partial charge in [-0.1, -0.05) is 54.2 Å². The van der Waals surface area contributed by atoms with Gasteiger partial charge in [-0.3, -0.25) is 9.69 Å². The van der Waals surface area contributed by atoms with E-state index >= 15 is 0 Å². The van der Waals surface area contributed by atoms with Crippen molar-refractivity contribution in [2.45, 2.75) is 11.3 Å². The van der Waals surface area contributed by atoms with E-state index in [1.54, 1.807) is 30.9 Å². The van der Waals surface area contributed by atoms with Crippen LogP contribution >= 0.6 is 23.5 Å². The van der Waals surface area contributed by atoms with Crippen LogP contribution in [0.5, 0.6) is 11.5 Å². The summed E-state index contributed by atoms with van der Waals surface area (Å²) in [5, 5.41) is 1.55. The number of fused-ring (bicyclic) bond motifs is 1. The lowest BCUT2D eigenvalue weighted by Gasteiger charge is -2.17. The second-order valence-electron chi connectivity index (χ2n) is 7.99. The summed E-state index contributed by atoms with van der Waals surface area (Å²) in [5.41, 5.74) is 2.90. The number of benzene rings is 3. The second kappa shape index (κ2) is 10.1. The van der Waals surface area contributed by atoms with Gasteiger partial charge >= 0.3 is 0 Å². The van der Waals surface area contributed by atoms with Gasteiger partial charge in [0.1, 0.15) is 22.1 Å². The first-order valence-corrected chi connectivity index (χ1v) is 12.8. The number of methoxy groups -OCH3 is 2. The number of anilines is 1. The fourth-order valence-corrected chi connectivity index (χ4v) is 6.32. The van der Waals surface area contributed by atoms with Gasteiger partial charge in [-0.15, -0.1) is 0 Å². The van der Waals surface area contributed by atoms with E-state index in [0.29, 0.717) is 28.1 Å². The molecule has 1 saturated heterocycles. The number of para-hydroxylation sites is 2. The molecule has 0 saturated carbocycles. The van der Waals surface area contributed by atoms with E-state index in [4.69, 9.17) is 14.5 Å². The third kappa shape index (κ3) is 4.63. The Labute approximate surface area is 213 Å². The molecule has 0 N–H and O–H groups in total. The van der Waals surface area contributed by atoms with Crippen LogP contribution in [-0.4, -0.2) is 43.8 Å². The summed E-state index contributed by atoms with van der Waals surface area (Å²) in [6.45, 7) is 0.537. The van der Waals surface area contributed by atoms with Gasteiger partial charge in [0.15, 0.2) is 5.17 Å².